The molecule has 5 nitrogen and oxygen atoms in total. The van der Waals surface area contributed by atoms with Crippen LogP contribution in [0.4, 0.5) is 0 Å². The van der Waals surface area contributed by atoms with Crippen molar-refractivity contribution >= 4 is 10.0 Å². The molecule has 0 saturated carbocycles. The second kappa shape index (κ2) is 6.34. The van der Waals surface area contributed by atoms with Gasteiger partial charge in [-0.25, -0.2) is 8.42 Å². The third kappa shape index (κ3) is 3.66. The molecule has 1 unspecified atom stereocenters. The molecule has 0 amide bonds. The van der Waals surface area contributed by atoms with E-state index >= 15 is 0 Å². The fourth-order valence-electron chi connectivity index (χ4n) is 1.94. The number of pyridine rings is 1. The molecule has 0 spiro atoms. The van der Waals surface area contributed by atoms with Crippen LogP contribution in [0, 0.1) is 0 Å². The van der Waals surface area contributed by atoms with Crippen LogP contribution in [0.5, 0.6) is 0 Å². The minimum Gasteiger partial charge on any atom is -0.324 e. The van der Waals surface area contributed by atoms with Gasteiger partial charge in [-0.2, -0.15) is 4.31 Å². The molecule has 112 valence electrons. The van der Waals surface area contributed by atoms with Crippen molar-refractivity contribution in [2.75, 3.05) is 7.05 Å². The van der Waals surface area contributed by atoms with Crippen LogP contribution in [0.15, 0.2) is 53.6 Å². The molecule has 2 aromatic rings. The second-order valence-electron chi connectivity index (χ2n) is 4.94. The summed E-state index contributed by atoms with van der Waals surface area (Å²) in [7, 11) is -2.01. The largest absolute Gasteiger partial charge is 0.324 e. The number of nitrogens with zero attached hydrogens (tertiary/aromatic N) is 2. The minimum atomic E-state index is -3.56. The molecule has 6 heteroatoms. The summed E-state index contributed by atoms with van der Waals surface area (Å²) >= 11 is 0. The first-order valence-electron chi connectivity index (χ1n) is 6.63. The topological polar surface area (TPSA) is 76.3 Å². The van der Waals surface area contributed by atoms with E-state index in [4.69, 9.17) is 5.73 Å². The highest BCUT2D eigenvalue weighted by molar-refractivity contribution is 7.89. The average Bonchev–Trinajstić information content (AvgIpc) is 2.48. The van der Waals surface area contributed by atoms with Gasteiger partial charge in [0.25, 0.3) is 0 Å². The quantitative estimate of drug-likeness (QED) is 0.915. The first kappa shape index (κ1) is 15.6. The average molecular weight is 305 g/mol. The van der Waals surface area contributed by atoms with E-state index in [1.54, 1.807) is 43.6 Å². The Morgan fingerprint density at radius 2 is 2.00 bits per heavy atom. The third-order valence-electron chi connectivity index (χ3n) is 3.20. The van der Waals surface area contributed by atoms with Gasteiger partial charge in [-0.15, -0.1) is 0 Å². The summed E-state index contributed by atoms with van der Waals surface area (Å²) in [6, 6.07) is 11.9. The molecule has 1 aromatic heterocycles. The van der Waals surface area contributed by atoms with Crippen molar-refractivity contribution in [1.82, 2.24) is 9.29 Å². The normalized spacial score (nSPS) is 13.3. The van der Waals surface area contributed by atoms with Crippen molar-refractivity contribution in [2.24, 2.45) is 5.73 Å². The van der Waals surface area contributed by atoms with E-state index in [-0.39, 0.29) is 17.5 Å². The first-order valence-corrected chi connectivity index (χ1v) is 8.07. The number of rotatable bonds is 5. The summed E-state index contributed by atoms with van der Waals surface area (Å²) in [4.78, 5) is 4.39. The second-order valence-corrected chi connectivity index (χ2v) is 6.99. The fourth-order valence-corrected chi connectivity index (χ4v) is 3.14. The van der Waals surface area contributed by atoms with Gasteiger partial charge in [0, 0.05) is 19.3 Å². The van der Waals surface area contributed by atoms with Gasteiger partial charge in [-0.3, -0.25) is 4.98 Å². The Kier molecular flexibility index (Phi) is 4.72. The van der Waals surface area contributed by atoms with Crippen LogP contribution in [0.3, 0.4) is 0 Å². The molecular formula is C15H19N3O2S. The van der Waals surface area contributed by atoms with Crippen LogP contribution in [-0.4, -0.2) is 24.8 Å². The minimum absolute atomic E-state index is 0.207. The summed E-state index contributed by atoms with van der Waals surface area (Å²) in [6.07, 6.45) is 1.65. The Morgan fingerprint density at radius 3 is 2.62 bits per heavy atom. The van der Waals surface area contributed by atoms with E-state index in [2.05, 4.69) is 4.98 Å². The smallest absolute Gasteiger partial charge is 0.243 e. The first-order chi connectivity index (χ1) is 9.91. The predicted molar refractivity (Wildman–Crippen MR) is 81.9 cm³/mol. The molecule has 0 aliphatic carbocycles. The number of hydrogen-bond donors (Lipinski definition) is 1. The maximum absolute atomic E-state index is 12.6. The highest BCUT2D eigenvalue weighted by Crippen LogP contribution is 2.19. The van der Waals surface area contributed by atoms with E-state index in [0.717, 1.165) is 5.56 Å². The number of sulfonamides is 1. The molecule has 2 N–H and O–H groups in total. The monoisotopic (exact) mass is 305 g/mol. The van der Waals surface area contributed by atoms with Gasteiger partial charge in [-0.05, 0) is 36.8 Å². The highest BCUT2D eigenvalue weighted by atomic mass is 32.2. The standard InChI is InChI=1S/C15H19N3O2S/c1-12(16)13-6-5-8-15(10-13)21(19,20)18(2)11-14-7-3-4-9-17-14/h3-10,12H,11,16H2,1-2H3. The zero-order chi connectivity index (χ0) is 15.5. The highest BCUT2D eigenvalue weighted by Gasteiger charge is 2.21. The lowest BCUT2D eigenvalue weighted by Gasteiger charge is -2.17. The number of nitrogens with two attached hydrogens (primary N) is 1. The molecule has 0 aliphatic rings. The SMILES string of the molecule is CC(N)c1cccc(S(=O)(=O)N(C)Cc2ccccn2)c1. The molecule has 1 aromatic carbocycles. The molecule has 21 heavy (non-hydrogen) atoms. The van der Waals surface area contributed by atoms with Gasteiger partial charge in [-0.1, -0.05) is 18.2 Å². The summed E-state index contributed by atoms with van der Waals surface area (Å²) in [5, 5.41) is 0. The summed E-state index contributed by atoms with van der Waals surface area (Å²) in [5.74, 6) is 0. The zero-order valence-electron chi connectivity index (χ0n) is 12.1. The summed E-state index contributed by atoms with van der Waals surface area (Å²) in [6.45, 7) is 2.05. The van der Waals surface area contributed by atoms with Crippen LogP contribution < -0.4 is 5.73 Å². The maximum Gasteiger partial charge on any atom is 0.243 e. The third-order valence-corrected chi connectivity index (χ3v) is 5.00. The lowest BCUT2D eigenvalue weighted by Crippen LogP contribution is -2.27. The molecule has 0 bridgehead atoms. The van der Waals surface area contributed by atoms with Crippen molar-refractivity contribution in [3.63, 3.8) is 0 Å². The van der Waals surface area contributed by atoms with Crippen molar-refractivity contribution in [1.29, 1.82) is 0 Å². The van der Waals surface area contributed by atoms with Gasteiger partial charge < -0.3 is 5.73 Å². The number of hydrogen-bond acceptors (Lipinski definition) is 4. The molecule has 0 aliphatic heterocycles. The molecule has 2 rings (SSSR count). The van der Waals surface area contributed by atoms with Crippen LogP contribution >= 0.6 is 0 Å². The van der Waals surface area contributed by atoms with Gasteiger partial charge in [0.1, 0.15) is 0 Å². The van der Waals surface area contributed by atoms with E-state index in [9.17, 15) is 8.42 Å². The predicted octanol–water partition coefficient (Wildman–Crippen LogP) is 1.92. The number of benzene rings is 1. The van der Waals surface area contributed by atoms with Crippen LogP contribution in [-0.2, 0) is 16.6 Å². The Balaban J connectivity index is 2.27. The fraction of sp³-hybridized carbons (Fsp3) is 0.267. The Bertz CT molecular complexity index is 700. The van der Waals surface area contributed by atoms with Crippen LogP contribution in [0.2, 0.25) is 0 Å². The van der Waals surface area contributed by atoms with Crippen molar-refractivity contribution in [3.8, 4) is 0 Å². The zero-order valence-corrected chi connectivity index (χ0v) is 12.9. The van der Waals surface area contributed by atoms with Crippen molar-refractivity contribution in [2.45, 2.75) is 24.4 Å². The van der Waals surface area contributed by atoms with E-state index in [1.807, 2.05) is 19.1 Å². The lowest BCUT2D eigenvalue weighted by molar-refractivity contribution is 0.462. The Morgan fingerprint density at radius 1 is 1.24 bits per heavy atom. The van der Waals surface area contributed by atoms with E-state index < -0.39 is 10.0 Å². The molecule has 1 heterocycles. The summed E-state index contributed by atoms with van der Waals surface area (Å²) < 4.78 is 26.4. The molecule has 0 fully saturated rings. The van der Waals surface area contributed by atoms with Gasteiger partial charge in [0.15, 0.2) is 0 Å². The Hall–Kier alpha value is -1.76. The van der Waals surface area contributed by atoms with Gasteiger partial charge >= 0.3 is 0 Å². The van der Waals surface area contributed by atoms with Crippen LogP contribution in [0.25, 0.3) is 0 Å². The Labute approximate surface area is 125 Å². The molecule has 1 atom stereocenters. The maximum atomic E-state index is 12.6. The van der Waals surface area contributed by atoms with Crippen molar-refractivity contribution < 1.29 is 8.42 Å². The molecule has 0 radical (unpaired) electrons. The number of aromatic nitrogens is 1. The van der Waals surface area contributed by atoms with E-state index in [1.165, 1.54) is 4.31 Å². The van der Waals surface area contributed by atoms with E-state index in [0.29, 0.717) is 5.69 Å². The lowest BCUT2D eigenvalue weighted by atomic mass is 10.1. The van der Waals surface area contributed by atoms with Gasteiger partial charge in [0.05, 0.1) is 17.1 Å². The summed E-state index contributed by atoms with van der Waals surface area (Å²) in [5.41, 5.74) is 7.30. The van der Waals surface area contributed by atoms with Crippen LogP contribution in [0.1, 0.15) is 24.2 Å². The molecule has 0 saturated heterocycles. The molecular weight excluding hydrogens is 286 g/mol. The van der Waals surface area contributed by atoms with Crippen molar-refractivity contribution in [3.05, 3.63) is 59.9 Å². The van der Waals surface area contributed by atoms with Gasteiger partial charge in [0.2, 0.25) is 10.0 Å².